The van der Waals surface area contributed by atoms with E-state index in [1.807, 2.05) is 49.1 Å². The van der Waals surface area contributed by atoms with Crippen molar-refractivity contribution in [3.05, 3.63) is 35.9 Å². The van der Waals surface area contributed by atoms with Gasteiger partial charge in [-0.15, -0.1) is 0 Å². The van der Waals surface area contributed by atoms with Crippen LogP contribution in [0, 0.1) is 0 Å². The van der Waals surface area contributed by atoms with Crippen LogP contribution in [0.1, 0.15) is 38.7 Å². The van der Waals surface area contributed by atoms with Gasteiger partial charge >= 0.3 is 0 Å². The third-order valence-electron chi connectivity index (χ3n) is 4.49. The van der Waals surface area contributed by atoms with Crippen molar-refractivity contribution in [2.45, 2.75) is 58.2 Å². The molecule has 3 nitrogen and oxygen atoms in total. The predicted molar refractivity (Wildman–Crippen MR) is 87.3 cm³/mol. The lowest BCUT2D eigenvalue weighted by Crippen LogP contribution is -2.51. The van der Waals surface area contributed by atoms with Crippen molar-refractivity contribution in [1.29, 1.82) is 0 Å². The fraction of sp³-hybridized carbons (Fsp3) is 0.611. The Bertz CT molecular complexity index is 485. The number of carbonyl (C=O) groups is 1. The molecule has 2 atom stereocenters. The molecular weight excluding hydrogens is 298 g/mol. The molecular formula is C18H26F2N2O. The van der Waals surface area contributed by atoms with Gasteiger partial charge in [0, 0.05) is 18.6 Å². The van der Waals surface area contributed by atoms with Crippen LogP contribution in [0.3, 0.4) is 0 Å². The van der Waals surface area contributed by atoms with Crippen molar-refractivity contribution in [2.24, 2.45) is 0 Å². The van der Waals surface area contributed by atoms with Crippen LogP contribution in [0.4, 0.5) is 8.78 Å². The van der Waals surface area contributed by atoms with E-state index in [0.29, 0.717) is 6.54 Å². The third kappa shape index (κ3) is 5.27. The van der Waals surface area contributed by atoms with Gasteiger partial charge in [0.05, 0.1) is 13.1 Å². The van der Waals surface area contributed by atoms with E-state index in [1.165, 1.54) is 0 Å². The number of benzene rings is 1. The number of piperidine rings is 1. The van der Waals surface area contributed by atoms with Gasteiger partial charge in [-0.2, -0.15) is 0 Å². The Kier molecular flexibility index (Phi) is 6.51. The van der Waals surface area contributed by atoms with Gasteiger partial charge in [-0.05, 0) is 38.7 Å². The molecule has 1 amide bonds. The summed E-state index contributed by atoms with van der Waals surface area (Å²) in [7, 11) is 0. The number of amides is 1. The molecule has 23 heavy (non-hydrogen) atoms. The van der Waals surface area contributed by atoms with Gasteiger partial charge < -0.3 is 4.90 Å². The minimum absolute atomic E-state index is 0.0405. The minimum atomic E-state index is -2.44. The number of nitrogens with zero attached hydrogens (tertiary/aromatic N) is 2. The monoisotopic (exact) mass is 324 g/mol. The quantitative estimate of drug-likeness (QED) is 0.799. The summed E-state index contributed by atoms with van der Waals surface area (Å²) in [6, 6.07) is 9.83. The summed E-state index contributed by atoms with van der Waals surface area (Å²) < 4.78 is 25.7. The average Bonchev–Trinajstić information content (AvgIpc) is 2.47. The first-order valence-corrected chi connectivity index (χ1v) is 8.33. The van der Waals surface area contributed by atoms with E-state index < -0.39 is 6.43 Å². The smallest absolute Gasteiger partial charge is 0.251 e. The van der Waals surface area contributed by atoms with Crippen molar-refractivity contribution in [3.8, 4) is 0 Å². The molecule has 2 unspecified atom stereocenters. The number of hydrogen-bond acceptors (Lipinski definition) is 2. The van der Waals surface area contributed by atoms with Gasteiger partial charge in [0.2, 0.25) is 5.91 Å². The van der Waals surface area contributed by atoms with Crippen molar-refractivity contribution in [2.75, 3.05) is 13.1 Å². The van der Waals surface area contributed by atoms with Crippen LogP contribution in [0.2, 0.25) is 0 Å². The standard InChI is InChI=1S/C18H26F2N2O/c1-14-7-6-8-15(2)22(14)18(23)13-21(12-17(19)20)11-16-9-4-3-5-10-16/h3-5,9-10,14-15,17H,6-8,11-13H2,1-2H3. The van der Waals surface area contributed by atoms with Gasteiger partial charge in [-0.3, -0.25) is 9.69 Å². The van der Waals surface area contributed by atoms with Crippen molar-refractivity contribution in [1.82, 2.24) is 9.80 Å². The summed E-state index contributed by atoms with van der Waals surface area (Å²) in [5.41, 5.74) is 0.945. The summed E-state index contributed by atoms with van der Waals surface area (Å²) in [6.07, 6.45) is 0.659. The van der Waals surface area contributed by atoms with Crippen LogP contribution in [0.15, 0.2) is 30.3 Å². The molecule has 2 rings (SSSR count). The Balaban J connectivity index is 2.02. The zero-order valence-corrected chi connectivity index (χ0v) is 13.9. The summed E-state index contributed by atoms with van der Waals surface area (Å²) in [5, 5.41) is 0. The average molecular weight is 324 g/mol. The summed E-state index contributed by atoms with van der Waals surface area (Å²) in [4.78, 5) is 16.1. The van der Waals surface area contributed by atoms with E-state index in [1.54, 1.807) is 4.90 Å². The van der Waals surface area contributed by atoms with Crippen LogP contribution in [0.5, 0.6) is 0 Å². The summed E-state index contributed by atoms with van der Waals surface area (Å²) >= 11 is 0. The summed E-state index contributed by atoms with van der Waals surface area (Å²) in [6.45, 7) is 4.13. The maximum Gasteiger partial charge on any atom is 0.251 e. The lowest BCUT2D eigenvalue weighted by atomic mass is 9.97. The molecule has 1 saturated heterocycles. The maximum absolute atomic E-state index is 12.9. The van der Waals surface area contributed by atoms with Gasteiger partial charge in [-0.25, -0.2) is 8.78 Å². The van der Waals surface area contributed by atoms with Crippen molar-refractivity contribution in [3.63, 3.8) is 0 Å². The fourth-order valence-electron chi connectivity index (χ4n) is 3.41. The predicted octanol–water partition coefficient (Wildman–Crippen LogP) is 3.54. The second kappa shape index (κ2) is 8.39. The lowest BCUT2D eigenvalue weighted by molar-refractivity contribution is -0.139. The number of hydrogen-bond donors (Lipinski definition) is 0. The zero-order chi connectivity index (χ0) is 16.8. The third-order valence-corrected chi connectivity index (χ3v) is 4.49. The zero-order valence-electron chi connectivity index (χ0n) is 13.9. The molecule has 1 aliphatic heterocycles. The van der Waals surface area contributed by atoms with Gasteiger partial charge in [0.1, 0.15) is 0 Å². The second-order valence-electron chi connectivity index (χ2n) is 6.48. The van der Waals surface area contributed by atoms with Crippen LogP contribution < -0.4 is 0 Å². The highest BCUT2D eigenvalue weighted by Crippen LogP contribution is 2.23. The molecule has 0 N–H and O–H groups in total. The highest BCUT2D eigenvalue weighted by molar-refractivity contribution is 5.79. The van der Waals surface area contributed by atoms with Crippen molar-refractivity contribution < 1.29 is 13.6 Å². The molecule has 0 saturated carbocycles. The molecule has 0 radical (unpaired) electrons. The van der Waals surface area contributed by atoms with Crippen LogP contribution >= 0.6 is 0 Å². The van der Waals surface area contributed by atoms with E-state index in [4.69, 9.17) is 0 Å². The number of alkyl halides is 2. The molecule has 5 heteroatoms. The molecule has 1 aromatic carbocycles. The van der Waals surface area contributed by atoms with E-state index >= 15 is 0 Å². The van der Waals surface area contributed by atoms with E-state index in [2.05, 4.69) is 0 Å². The van der Waals surface area contributed by atoms with Crippen LogP contribution in [-0.4, -0.2) is 47.3 Å². The first-order chi connectivity index (χ1) is 11.0. The Morgan fingerprint density at radius 1 is 1.22 bits per heavy atom. The normalized spacial score (nSPS) is 21.9. The lowest BCUT2D eigenvalue weighted by Gasteiger charge is -2.40. The summed E-state index contributed by atoms with van der Waals surface area (Å²) in [5.74, 6) is -0.0405. The Morgan fingerprint density at radius 2 is 1.83 bits per heavy atom. The highest BCUT2D eigenvalue weighted by atomic mass is 19.3. The second-order valence-corrected chi connectivity index (χ2v) is 6.48. The largest absolute Gasteiger partial charge is 0.336 e. The topological polar surface area (TPSA) is 23.6 Å². The van der Waals surface area contributed by atoms with Crippen LogP contribution in [0.25, 0.3) is 0 Å². The number of carbonyl (C=O) groups excluding carboxylic acids is 1. The molecule has 1 aromatic rings. The van der Waals surface area contributed by atoms with E-state index in [0.717, 1.165) is 24.8 Å². The molecule has 0 bridgehead atoms. The van der Waals surface area contributed by atoms with Gasteiger partial charge in [-0.1, -0.05) is 30.3 Å². The fourth-order valence-corrected chi connectivity index (χ4v) is 3.41. The molecule has 1 fully saturated rings. The SMILES string of the molecule is CC1CCCC(C)N1C(=O)CN(Cc1ccccc1)CC(F)F. The van der Waals surface area contributed by atoms with Gasteiger partial charge in [0.15, 0.2) is 0 Å². The minimum Gasteiger partial charge on any atom is -0.336 e. The molecule has 128 valence electrons. The van der Waals surface area contributed by atoms with E-state index in [9.17, 15) is 13.6 Å². The van der Waals surface area contributed by atoms with Crippen molar-refractivity contribution >= 4 is 5.91 Å². The molecule has 0 aromatic heterocycles. The first-order valence-electron chi connectivity index (χ1n) is 8.33. The Labute approximate surface area is 137 Å². The number of halogens is 2. The molecule has 0 spiro atoms. The number of likely N-dealkylation sites (tertiary alicyclic amines) is 1. The molecule has 1 heterocycles. The molecule has 0 aliphatic carbocycles. The van der Waals surface area contributed by atoms with Gasteiger partial charge in [0.25, 0.3) is 6.43 Å². The maximum atomic E-state index is 12.9. The Morgan fingerprint density at radius 3 is 2.39 bits per heavy atom. The highest BCUT2D eigenvalue weighted by Gasteiger charge is 2.30. The van der Waals surface area contributed by atoms with Crippen LogP contribution in [-0.2, 0) is 11.3 Å². The first kappa shape index (κ1) is 17.9. The Hall–Kier alpha value is -1.49. The molecule has 1 aliphatic rings. The van der Waals surface area contributed by atoms with E-state index in [-0.39, 0.29) is 31.1 Å². The number of rotatable bonds is 6.